The third-order valence-corrected chi connectivity index (χ3v) is 2.55. The van der Waals surface area contributed by atoms with E-state index in [0.717, 1.165) is 11.8 Å². The highest BCUT2D eigenvalue weighted by Crippen LogP contribution is 2.27. The van der Waals surface area contributed by atoms with Crippen LogP contribution in [0, 0.1) is 0 Å². The van der Waals surface area contributed by atoms with E-state index in [9.17, 15) is 17.6 Å². The number of hydrogen-bond acceptors (Lipinski definition) is 3. The summed E-state index contributed by atoms with van der Waals surface area (Å²) >= 11 is 0. The lowest BCUT2D eigenvalue weighted by molar-refractivity contribution is -0.253. The van der Waals surface area contributed by atoms with Crippen LogP contribution >= 0.6 is 0 Å². The zero-order valence-corrected chi connectivity index (χ0v) is 11.2. The predicted molar refractivity (Wildman–Crippen MR) is 75.7 cm³/mol. The van der Waals surface area contributed by atoms with Gasteiger partial charge in [0.2, 0.25) is 0 Å². The molecule has 1 N–H and O–H groups in total. The summed E-state index contributed by atoms with van der Waals surface area (Å²) in [5, 5.41) is 3.92. The second-order valence-electron chi connectivity index (χ2n) is 4.27. The van der Waals surface area contributed by atoms with Crippen LogP contribution < -0.4 is 10.2 Å². The summed E-state index contributed by atoms with van der Waals surface area (Å²) in [5.41, 5.74) is 3.91. The summed E-state index contributed by atoms with van der Waals surface area (Å²) in [6.07, 6.45) is -7.07. The first kappa shape index (κ1) is 15.8. The summed E-state index contributed by atoms with van der Waals surface area (Å²) in [5.74, 6) is -0.367. The Morgan fingerprint density at radius 1 is 1.05 bits per heavy atom. The Hall–Kier alpha value is -2.57. The Kier molecular flexibility index (Phi) is 4.98. The zero-order chi connectivity index (χ0) is 16.0. The number of alkyl halides is 4. The zero-order valence-electron chi connectivity index (χ0n) is 11.2. The standard InChI is InChI=1S/C15H12F4N2O/c16-14(17)15(18,19)22-13-8-4-5-11(9-13)10-20-21-12-6-2-1-3-7-12/h1-10,14,21H. The van der Waals surface area contributed by atoms with Gasteiger partial charge in [0.05, 0.1) is 11.9 Å². The van der Waals surface area contributed by atoms with Crippen LogP contribution in [0.2, 0.25) is 0 Å². The third-order valence-electron chi connectivity index (χ3n) is 2.55. The monoisotopic (exact) mass is 312 g/mol. The lowest BCUT2D eigenvalue weighted by Crippen LogP contribution is -2.33. The topological polar surface area (TPSA) is 33.6 Å². The highest BCUT2D eigenvalue weighted by Gasteiger charge is 2.43. The van der Waals surface area contributed by atoms with Crippen LogP contribution in [0.15, 0.2) is 59.7 Å². The van der Waals surface area contributed by atoms with Gasteiger partial charge in [-0.2, -0.15) is 22.7 Å². The molecule has 2 aromatic rings. The number of para-hydroxylation sites is 1. The average molecular weight is 312 g/mol. The first-order chi connectivity index (χ1) is 10.5. The van der Waals surface area contributed by atoms with Crippen molar-refractivity contribution in [2.45, 2.75) is 12.5 Å². The molecule has 0 amide bonds. The van der Waals surface area contributed by atoms with Gasteiger partial charge in [-0.1, -0.05) is 30.3 Å². The maximum absolute atomic E-state index is 12.8. The van der Waals surface area contributed by atoms with Crippen molar-refractivity contribution < 1.29 is 22.3 Å². The Morgan fingerprint density at radius 2 is 1.77 bits per heavy atom. The van der Waals surface area contributed by atoms with E-state index in [0.29, 0.717) is 5.56 Å². The Morgan fingerprint density at radius 3 is 2.45 bits per heavy atom. The van der Waals surface area contributed by atoms with E-state index in [4.69, 9.17) is 0 Å². The Bertz CT molecular complexity index is 632. The molecule has 2 rings (SSSR count). The van der Waals surface area contributed by atoms with E-state index in [1.54, 1.807) is 18.2 Å². The molecule has 0 spiro atoms. The highest BCUT2D eigenvalue weighted by molar-refractivity contribution is 5.80. The maximum Gasteiger partial charge on any atom is 0.461 e. The second-order valence-corrected chi connectivity index (χ2v) is 4.27. The lowest BCUT2D eigenvalue weighted by Gasteiger charge is -2.16. The number of halogens is 4. The van der Waals surface area contributed by atoms with E-state index in [2.05, 4.69) is 15.3 Å². The molecule has 0 unspecified atom stereocenters. The van der Waals surface area contributed by atoms with Crippen molar-refractivity contribution >= 4 is 11.9 Å². The number of anilines is 1. The molecular formula is C15H12F4N2O. The molecule has 2 aromatic carbocycles. The van der Waals surface area contributed by atoms with E-state index >= 15 is 0 Å². The largest absolute Gasteiger partial charge is 0.461 e. The molecule has 0 radical (unpaired) electrons. The number of ether oxygens (including phenoxy) is 1. The highest BCUT2D eigenvalue weighted by atomic mass is 19.3. The van der Waals surface area contributed by atoms with E-state index < -0.39 is 12.5 Å². The lowest BCUT2D eigenvalue weighted by atomic mass is 10.2. The molecule has 0 atom stereocenters. The van der Waals surface area contributed by atoms with Gasteiger partial charge in [0.1, 0.15) is 5.75 Å². The molecule has 22 heavy (non-hydrogen) atoms. The Labute approximate surface area is 124 Å². The number of hydrogen-bond donors (Lipinski definition) is 1. The fourth-order valence-corrected chi connectivity index (χ4v) is 1.55. The van der Waals surface area contributed by atoms with Crippen LogP contribution in [0.4, 0.5) is 23.2 Å². The van der Waals surface area contributed by atoms with Gasteiger partial charge in [-0.15, -0.1) is 0 Å². The number of nitrogens with zero attached hydrogens (tertiary/aromatic N) is 1. The summed E-state index contributed by atoms with van der Waals surface area (Å²) in [6, 6.07) is 14.4. The first-order valence-corrected chi connectivity index (χ1v) is 6.26. The van der Waals surface area contributed by atoms with Crippen LogP contribution in [0.1, 0.15) is 5.56 Å². The first-order valence-electron chi connectivity index (χ1n) is 6.26. The van der Waals surface area contributed by atoms with Crippen LogP contribution in [0.25, 0.3) is 0 Å². The second kappa shape index (κ2) is 6.93. The fraction of sp³-hybridized carbons (Fsp3) is 0.133. The minimum Gasteiger partial charge on any atom is -0.428 e. The number of nitrogens with one attached hydrogen (secondary N) is 1. The molecule has 0 aliphatic rings. The Balaban J connectivity index is 2.02. The predicted octanol–water partition coefficient (Wildman–Crippen LogP) is 4.37. The minimum atomic E-state index is -4.53. The van der Waals surface area contributed by atoms with Gasteiger partial charge in [0, 0.05) is 0 Å². The average Bonchev–Trinajstić information content (AvgIpc) is 2.48. The van der Waals surface area contributed by atoms with Crippen molar-refractivity contribution in [3.63, 3.8) is 0 Å². The maximum atomic E-state index is 12.8. The van der Waals surface area contributed by atoms with E-state index in [1.165, 1.54) is 18.3 Å². The molecule has 0 saturated carbocycles. The molecule has 3 nitrogen and oxygen atoms in total. The number of benzene rings is 2. The SMILES string of the molecule is FC(F)C(F)(F)Oc1cccc(C=NNc2ccccc2)c1. The van der Waals surface area contributed by atoms with E-state index in [1.807, 2.05) is 18.2 Å². The normalized spacial score (nSPS) is 11.9. The van der Waals surface area contributed by atoms with Gasteiger partial charge in [-0.3, -0.25) is 5.43 Å². The van der Waals surface area contributed by atoms with Crippen molar-refractivity contribution in [1.82, 2.24) is 0 Å². The molecule has 0 aromatic heterocycles. The van der Waals surface area contributed by atoms with Crippen LogP contribution in [-0.2, 0) is 0 Å². The number of rotatable bonds is 6. The van der Waals surface area contributed by atoms with Crippen molar-refractivity contribution in [1.29, 1.82) is 0 Å². The van der Waals surface area contributed by atoms with Crippen LogP contribution in [0.3, 0.4) is 0 Å². The molecule has 116 valence electrons. The molecule has 0 saturated heterocycles. The minimum absolute atomic E-state index is 0.367. The third kappa shape index (κ3) is 4.47. The molecular weight excluding hydrogens is 300 g/mol. The van der Waals surface area contributed by atoms with Gasteiger partial charge < -0.3 is 4.74 Å². The number of hydrazone groups is 1. The molecule has 0 aliphatic heterocycles. The van der Waals surface area contributed by atoms with Gasteiger partial charge >= 0.3 is 12.5 Å². The molecule has 0 aliphatic carbocycles. The quantitative estimate of drug-likeness (QED) is 0.488. The van der Waals surface area contributed by atoms with Crippen molar-refractivity contribution in [2.75, 3.05) is 5.43 Å². The molecule has 0 heterocycles. The van der Waals surface area contributed by atoms with E-state index in [-0.39, 0.29) is 5.75 Å². The molecule has 0 fully saturated rings. The molecule has 7 heteroatoms. The summed E-state index contributed by atoms with van der Waals surface area (Å²) < 4.78 is 53.8. The summed E-state index contributed by atoms with van der Waals surface area (Å²) in [6.45, 7) is 0. The van der Waals surface area contributed by atoms with Gasteiger partial charge in [0.15, 0.2) is 0 Å². The fourth-order valence-electron chi connectivity index (χ4n) is 1.55. The van der Waals surface area contributed by atoms with Gasteiger partial charge in [0.25, 0.3) is 0 Å². The van der Waals surface area contributed by atoms with Crippen molar-refractivity contribution in [3.8, 4) is 5.75 Å². The summed E-state index contributed by atoms with van der Waals surface area (Å²) in [4.78, 5) is 0. The van der Waals surface area contributed by atoms with Crippen molar-refractivity contribution in [2.24, 2.45) is 5.10 Å². The van der Waals surface area contributed by atoms with Gasteiger partial charge in [-0.25, -0.2) is 0 Å². The van der Waals surface area contributed by atoms with Gasteiger partial charge in [-0.05, 0) is 29.8 Å². The van der Waals surface area contributed by atoms with Crippen LogP contribution in [0.5, 0.6) is 5.75 Å². The summed E-state index contributed by atoms with van der Waals surface area (Å²) in [7, 11) is 0. The van der Waals surface area contributed by atoms with Crippen molar-refractivity contribution in [3.05, 3.63) is 60.2 Å². The molecule has 0 bridgehead atoms. The van der Waals surface area contributed by atoms with Crippen LogP contribution in [-0.4, -0.2) is 18.7 Å². The smallest absolute Gasteiger partial charge is 0.428 e.